The Kier molecular flexibility index (Phi) is 4.09. The van der Waals surface area contributed by atoms with Gasteiger partial charge in [-0.2, -0.15) is 0 Å². The molecule has 0 aromatic heterocycles. The van der Waals surface area contributed by atoms with Gasteiger partial charge in [-0.05, 0) is 24.6 Å². The van der Waals surface area contributed by atoms with Crippen molar-refractivity contribution >= 4 is 17.6 Å². The van der Waals surface area contributed by atoms with Crippen LogP contribution < -0.4 is 10.1 Å². The van der Waals surface area contributed by atoms with E-state index in [9.17, 15) is 4.79 Å². The smallest absolute Gasteiger partial charge is 0.323 e. The molecular formula is C13H16ClNO3. The topological polar surface area (TPSA) is 47.6 Å². The van der Waals surface area contributed by atoms with Crippen LogP contribution in [0.4, 0.5) is 0 Å². The molecule has 2 atom stereocenters. The van der Waals surface area contributed by atoms with Crippen LogP contribution in [-0.4, -0.2) is 31.8 Å². The second-order valence-corrected chi connectivity index (χ2v) is 4.80. The number of carbonyl (C=O) groups is 1. The van der Waals surface area contributed by atoms with Gasteiger partial charge in [0.05, 0.1) is 12.1 Å². The fraction of sp³-hybridized carbons (Fsp3) is 0.462. The van der Waals surface area contributed by atoms with E-state index in [0.717, 1.165) is 5.56 Å². The summed E-state index contributed by atoms with van der Waals surface area (Å²) in [5.74, 6) is 0.399. The zero-order chi connectivity index (χ0) is 13.1. The molecule has 1 N–H and O–H groups in total. The first-order valence-electron chi connectivity index (χ1n) is 5.84. The second kappa shape index (κ2) is 5.59. The Hall–Kier alpha value is -1.26. The fourth-order valence-corrected chi connectivity index (χ4v) is 2.28. The fourth-order valence-electron chi connectivity index (χ4n) is 2.00. The summed E-state index contributed by atoms with van der Waals surface area (Å²) in [5.41, 5.74) is 1.09. The molecule has 1 aliphatic heterocycles. The molecule has 18 heavy (non-hydrogen) atoms. The Morgan fingerprint density at radius 3 is 2.94 bits per heavy atom. The van der Waals surface area contributed by atoms with Crippen LogP contribution >= 0.6 is 11.6 Å². The maximum atomic E-state index is 11.4. The average molecular weight is 270 g/mol. The predicted octanol–water partition coefficient (Wildman–Crippen LogP) is 1.93. The minimum atomic E-state index is -0.288. The minimum Gasteiger partial charge on any atom is -0.487 e. The first-order valence-corrected chi connectivity index (χ1v) is 6.22. The maximum Gasteiger partial charge on any atom is 0.323 e. The van der Waals surface area contributed by atoms with E-state index >= 15 is 0 Å². The van der Waals surface area contributed by atoms with Crippen molar-refractivity contribution in [3.8, 4) is 5.75 Å². The molecule has 0 saturated carbocycles. The number of nitrogens with one attached hydrogen (secondary N) is 1. The van der Waals surface area contributed by atoms with Crippen LogP contribution in [0, 0.1) is 6.92 Å². The highest BCUT2D eigenvalue weighted by Gasteiger charge is 2.31. The monoisotopic (exact) mass is 269 g/mol. The van der Waals surface area contributed by atoms with Crippen molar-refractivity contribution in [3.05, 3.63) is 28.8 Å². The Bertz CT molecular complexity index is 450. The highest BCUT2D eigenvalue weighted by molar-refractivity contribution is 6.32. The third kappa shape index (κ3) is 2.94. The molecule has 1 heterocycles. The standard InChI is InChI=1S/C13H16ClNO3/c1-8-3-4-12(10(14)5-8)18-9-6-11(15-7-9)13(16)17-2/h3-5,9,11,15H,6-7H2,1-2H3/t9-,11+/m1/s1. The molecule has 1 saturated heterocycles. The number of hydrogen-bond donors (Lipinski definition) is 1. The Morgan fingerprint density at radius 1 is 1.50 bits per heavy atom. The number of rotatable bonds is 3. The SMILES string of the molecule is COC(=O)[C@@H]1C[C@@H](Oc2ccc(C)cc2Cl)CN1. The largest absolute Gasteiger partial charge is 0.487 e. The van der Waals surface area contributed by atoms with E-state index in [0.29, 0.717) is 23.7 Å². The van der Waals surface area contributed by atoms with Gasteiger partial charge in [0.2, 0.25) is 0 Å². The van der Waals surface area contributed by atoms with E-state index in [1.807, 2.05) is 25.1 Å². The number of halogens is 1. The van der Waals surface area contributed by atoms with E-state index in [2.05, 4.69) is 10.1 Å². The van der Waals surface area contributed by atoms with Crippen molar-refractivity contribution in [2.24, 2.45) is 0 Å². The van der Waals surface area contributed by atoms with Crippen molar-refractivity contribution in [2.45, 2.75) is 25.5 Å². The van der Waals surface area contributed by atoms with Gasteiger partial charge in [0.1, 0.15) is 17.9 Å². The number of hydrogen-bond acceptors (Lipinski definition) is 4. The van der Waals surface area contributed by atoms with E-state index in [1.54, 1.807) is 0 Å². The van der Waals surface area contributed by atoms with Crippen LogP contribution in [0.1, 0.15) is 12.0 Å². The van der Waals surface area contributed by atoms with Crippen LogP contribution in [-0.2, 0) is 9.53 Å². The summed E-state index contributed by atoms with van der Waals surface area (Å²) in [6.45, 7) is 2.59. The Labute approximate surface area is 111 Å². The zero-order valence-electron chi connectivity index (χ0n) is 10.4. The molecule has 0 unspecified atom stereocenters. The first kappa shape index (κ1) is 13.2. The molecule has 1 aliphatic rings. The third-order valence-electron chi connectivity index (χ3n) is 2.96. The molecule has 1 aromatic rings. The van der Waals surface area contributed by atoms with Gasteiger partial charge in [0, 0.05) is 13.0 Å². The van der Waals surface area contributed by atoms with Crippen molar-refractivity contribution < 1.29 is 14.3 Å². The van der Waals surface area contributed by atoms with Crippen LogP contribution in [0.5, 0.6) is 5.75 Å². The lowest BCUT2D eigenvalue weighted by Gasteiger charge is -2.14. The summed E-state index contributed by atoms with van der Waals surface area (Å²) in [6, 6.07) is 5.37. The summed E-state index contributed by atoms with van der Waals surface area (Å²) in [6.07, 6.45) is 0.533. The summed E-state index contributed by atoms with van der Waals surface area (Å²) in [7, 11) is 1.38. The van der Waals surface area contributed by atoms with Gasteiger partial charge >= 0.3 is 5.97 Å². The highest BCUT2D eigenvalue weighted by Crippen LogP contribution is 2.27. The molecule has 0 spiro atoms. The summed E-state index contributed by atoms with van der Waals surface area (Å²) < 4.78 is 10.5. The van der Waals surface area contributed by atoms with Gasteiger partial charge < -0.3 is 14.8 Å². The molecule has 1 aromatic carbocycles. The lowest BCUT2D eigenvalue weighted by molar-refractivity contribution is -0.142. The van der Waals surface area contributed by atoms with Crippen molar-refractivity contribution in [1.82, 2.24) is 5.32 Å². The van der Waals surface area contributed by atoms with Crippen LogP contribution in [0.3, 0.4) is 0 Å². The quantitative estimate of drug-likeness (QED) is 0.852. The van der Waals surface area contributed by atoms with Gasteiger partial charge in [-0.15, -0.1) is 0 Å². The molecule has 4 nitrogen and oxygen atoms in total. The molecule has 98 valence electrons. The van der Waals surface area contributed by atoms with E-state index in [4.69, 9.17) is 16.3 Å². The summed E-state index contributed by atoms with van der Waals surface area (Å²) in [4.78, 5) is 11.4. The van der Waals surface area contributed by atoms with Gasteiger partial charge in [-0.3, -0.25) is 4.79 Å². The predicted molar refractivity (Wildman–Crippen MR) is 69.0 cm³/mol. The number of carbonyl (C=O) groups excluding carboxylic acids is 1. The van der Waals surface area contributed by atoms with Crippen LogP contribution in [0.25, 0.3) is 0 Å². The first-order chi connectivity index (χ1) is 8.60. The van der Waals surface area contributed by atoms with Gasteiger partial charge in [0.25, 0.3) is 0 Å². The molecule has 0 aliphatic carbocycles. The van der Waals surface area contributed by atoms with Crippen LogP contribution in [0.2, 0.25) is 5.02 Å². The van der Waals surface area contributed by atoms with Gasteiger partial charge in [-0.25, -0.2) is 0 Å². The van der Waals surface area contributed by atoms with Crippen LogP contribution in [0.15, 0.2) is 18.2 Å². The Balaban J connectivity index is 1.97. The molecule has 0 amide bonds. The molecule has 2 rings (SSSR count). The number of aryl methyl sites for hydroxylation is 1. The lowest BCUT2D eigenvalue weighted by atomic mass is 10.2. The third-order valence-corrected chi connectivity index (χ3v) is 3.25. The summed E-state index contributed by atoms with van der Waals surface area (Å²) in [5, 5.41) is 3.66. The molecule has 0 bridgehead atoms. The van der Waals surface area contributed by atoms with Crippen molar-refractivity contribution in [2.75, 3.05) is 13.7 Å². The normalized spacial score (nSPS) is 22.8. The highest BCUT2D eigenvalue weighted by atomic mass is 35.5. The van der Waals surface area contributed by atoms with Gasteiger partial charge in [-0.1, -0.05) is 17.7 Å². The zero-order valence-corrected chi connectivity index (χ0v) is 11.2. The maximum absolute atomic E-state index is 11.4. The van der Waals surface area contributed by atoms with Crippen molar-refractivity contribution in [3.63, 3.8) is 0 Å². The van der Waals surface area contributed by atoms with Gasteiger partial charge in [0.15, 0.2) is 0 Å². The number of ether oxygens (including phenoxy) is 2. The molecular weight excluding hydrogens is 254 g/mol. The Morgan fingerprint density at radius 2 is 2.28 bits per heavy atom. The van der Waals surface area contributed by atoms with E-state index in [-0.39, 0.29) is 18.1 Å². The van der Waals surface area contributed by atoms with E-state index in [1.165, 1.54) is 7.11 Å². The molecule has 0 radical (unpaired) electrons. The van der Waals surface area contributed by atoms with E-state index < -0.39 is 0 Å². The number of esters is 1. The molecule has 5 heteroatoms. The summed E-state index contributed by atoms with van der Waals surface area (Å²) >= 11 is 6.10. The second-order valence-electron chi connectivity index (χ2n) is 4.39. The molecule has 1 fully saturated rings. The minimum absolute atomic E-state index is 0.0608. The lowest BCUT2D eigenvalue weighted by Crippen LogP contribution is -2.31. The van der Waals surface area contributed by atoms with Crippen molar-refractivity contribution in [1.29, 1.82) is 0 Å². The average Bonchev–Trinajstić information content (AvgIpc) is 2.80. The number of benzene rings is 1. The number of methoxy groups -OCH3 is 1.